The van der Waals surface area contributed by atoms with E-state index in [0.29, 0.717) is 0 Å². The van der Waals surface area contributed by atoms with Gasteiger partial charge >= 0.3 is 0 Å². The molecule has 1 atom stereocenters. The number of aliphatic hydroxyl groups excluding tert-OH is 1. The predicted molar refractivity (Wildman–Crippen MR) is 84.6 cm³/mol. The zero-order valence-corrected chi connectivity index (χ0v) is 13.1. The fraction of sp³-hybridized carbons (Fsp3) is 0.500. The van der Waals surface area contributed by atoms with Crippen LogP contribution in [0.5, 0.6) is 0 Å². The smallest absolute Gasteiger partial charge is 0.101 e. The summed E-state index contributed by atoms with van der Waals surface area (Å²) in [6, 6.07) is 6.20. The van der Waals surface area contributed by atoms with Crippen LogP contribution in [0.1, 0.15) is 55.8 Å². The lowest BCUT2D eigenvalue weighted by Crippen LogP contribution is -2.06. The van der Waals surface area contributed by atoms with Crippen LogP contribution >= 0.6 is 22.6 Å². The third-order valence-electron chi connectivity index (χ3n) is 3.69. The normalized spacial score (nSPS) is 21.6. The first-order valence-corrected chi connectivity index (χ1v) is 7.90. The van der Waals surface area contributed by atoms with Gasteiger partial charge in [0.1, 0.15) is 6.10 Å². The molecule has 0 saturated heterocycles. The molecule has 0 bridgehead atoms. The lowest BCUT2D eigenvalue weighted by molar-refractivity contribution is 0.208. The van der Waals surface area contributed by atoms with E-state index >= 15 is 0 Å². The largest absolute Gasteiger partial charge is 0.384 e. The van der Waals surface area contributed by atoms with E-state index in [9.17, 15) is 5.11 Å². The number of hydrogen-bond donors (Lipinski definition) is 1. The van der Waals surface area contributed by atoms with Gasteiger partial charge in [-0.05, 0) is 71.9 Å². The molecule has 1 aromatic carbocycles. The second-order valence-corrected chi connectivity index (χ2v) is 6.19. The summed E-state index contributed by atoms with van der Waals surface area (Å²) in [5.74, 6) is 0. The van der Waals surface area contributed by atoms with Crippen LogP contribution in [0.2, 0.25) is 0 Å². The molecule has 1 aliphatic carbocycles. The maximum absolute atomic E-state index is 10.6. The van der Waals surface area contributed by atoms with Crippen molar-refractivity contribution in [2.45, 2.75) is 51.6 Å². The highest BCUT2D eigenvalue weighted by molar-refractivity contribution is 14.1. The van der Waals surface area contributed by atoms with Crippen molar-refractivity contribution in [3.63, 3.8) is 0 Å². The van der Waals surface area contributed by atoms with E-state index in [-0.39, 0.29) is 0 Å². The van der Waals surface area contributed by atoms with Gasteiger partial charge in [-0.1, -0.05) is 37.1 Å². The Kier molecular flexibility index (Phi) is 5.25. The van der Waals surface area contributed by atoms with E-state index in [1.165, 1.54) is 40.4 Å². The SMILES string of the molecule is Cc1cccc(C(O)/C2=C/CCCCCC2)c1I. The van der Waals surface area contributed by atoms with Crippen molar-refractivity contribution in [2.75, 3.05) is 0 Å². The van der Waals surface area contributed by atoms with E-state index in [1.807, 2.05) is 6.07 Å². The molecule has 1 unspecified atom stereocenters. The van der Waals surface area contributed by atoms with Crippen LogP contribution in [0.15, 0.2) is 29.8 Å². The van der Waals surface area contributed by atoms with Crippen molar-refractivity contribution in [3.8, 4) is 0 Å². The van der Waals surface area contributed by atoms with Gasteiger partial charge in [-0.3, -0.25) is 0 Å². The van der Waals surface area contributed by atoms with Gasteiger partial charge in [-0.2, -0.15) is 0 Å². The van der Waals surface area contributed by atoms with Gasteiger partial charge in [0.15, 0.2) is 0 Å². The Morgan fingerprint density at radius 1 is 1.17 bits per heavy atom. The second-order valence-electron chi connectivity index (χ2n) is 5.11. The average Bonchev–Trinajstić information content (AvgIpc) is 2.31. The molecule has 0 fully saturated rings. The summed E-state index contributed by atoms with van der Waals surface area (Å²) in [4.78, 5) is 0. The summed E-state index contributed by atoms with van der Waals surface area (Å²) in [6.07, 6.45) is 9.14. The minimum Gasteiger partial charge on any atom is -0.384 e. The third kappa shape index (κ3) is 3.35. The molecule has 1 aromatic rings. The molecule has 0 heterocycles. The summed E-state index contributed by atoms with van der Waals surface area (Å²) >= 11 is 2.35. The first-order valence-electron chi connectivity index (χ1n) is 6.82. The van der Waals surface area contributed by atoms with Crippen molar-refractivity contribution in [2.24, 2.45) is 0 Å². The quantitative estimate of drug-likeness (QED) is 0.590. The molecule has 0 radical (unpaired) electrons. The maximum atomic E-state index is 10.6. The van der Waals surface area contributed by atoms with Crippen LogP contribution in [0.25, 0.3) is 0 Å². The molecule has 2 rings (SSSR count). The zero-order chi connectivity index (χ0) is 13.0. The van der Waals surface area contributed by atoms with E-state index < -0.39 is 6.10 Å². The molecule has 0 amide bonds. The van der Waals surface area contributed by atoms with Gasteiger partial charge in [0.05, 0.1) is 0 Å². The second kappa shape index (κ2) is 6.71. The van der Waals surface area contributed by atoms with Crippen molar-refractivity contribution in [3.05, 3.63) is 44.5 Å². The first kappa shape index (κ1) is 14.1. The molecule has 18 heavy (non-hydrogen) atoms. The Hall–Kier alpha value is -0.350. The zero-order valence-electron chi connectivity index (χ0n) is 11.0. The molecule has 1 aliphatic rings. The highest BCUT2D eigenvalue weighted by Crippen LogP contribution is 2.32. The summed E-state index contributed by atoms with van der Waals surface area (Å²) in [5, 5.41) is 10.6. The van der Waals surface area contributed by atoms with Crippen LogP contribution in [0.4, 0.5) is 0 Å². The van der Waals surface area contributed by atoms with E-state index in [0.717, 1.165) is 18.4 Å². The van der Waals surface area contributed by atoms with E-state index in [2.05, 4.69) is 47.7 Å². The summed E-state index contributed by atoms with van der Waals surface area (Å²) in [5.41, 5.74) is 3.54. The number of benzene rings is 1. The Balaban J connectivity index is 2.23. The fourth-order valence-corrected chi connectivity index (χ4v) is 3.20. The number of halogens is 1. The van der Waals surface area contributed by atoms with Crippen LogP contribution in [0.3, 0.4) is 0 Å². The Morgan fingerprint density at radius 3 is 2.78 bits per heavy atom. The van der Waals surface area contributed by atoms with Crippen LogP contribution in [0, 0.1) is 10.5 Å². The van der Waals surface area contributed by atoms with E-state index in [4.69, 9.17) is 0 Å². The summed E-state index contributed by atoms with van der Waals surface area (Å²) in [7, 11) is 0. The predicted octanol–water partition coefficient (Wildman–Crippen LogP) is 4.91. The van der Waals surface area contributed by atoms with Crippen LogP contribution < -0.4 is 0 Å². The summed E-state index contributed by atoms with van der Waals surface area (Å²) < 4.78 is 1.20. The molecule has 0 aromatic heterocycles. The standard InChI is InChI=1S/C16H21IO/c1-12-8-7-11-14(15(12)17)16(18)13-9-5-3-2-4-6-10-13/h7-9,11,16,18H,2-6,10H2,1H3/b13-9+. The lowest BCUT2D eigenvalue weighted by atomic mass is 9.92. The minimum absolute atomic E-state index is 0.408. The van der Waals surface area contributed by atoms with Gasteiger partial charge in [-0.25, -0.2) is 0 Å². The van der Waals surface area contributed by atoms with Crippen LogP contribution in [-0.2, 0) is 0 Å². The highest BCUT2D eigenvalue weighted by atomic mass is 127. The van der Waals surface area contributed by atoms with E-state index in [1.54, 1.807) is 0 Å². The van der Waals surface area contributed by atoms with Gasteiger partial charge in [-0.15, -0.1) is 0 Å². The van der Waals surface area contributed by atoms with Crippen molar-refractivity contribution >= 4 is 22.6 Å². The number of rotatable bonds is 2. The maximum Gasteiger partial charge on any atom is 0.101 e. The minimum atomic E-state index is -0.408. The molecule has 1 N–H and O–H groups in total. The molecule has 2 heteroatoms. The number of hydrogen-bond acceptors (Lipinski definition) is 1. The number of aryl methyl sites for hydroxylation is 1. The third-order valence-corrected chi connectivity index (χ3v) is 5.17. The number of aliphatic hydroxyl groups is 1. The first-order chi connectivity index (χ1) is 8.70. The molecule has 0 saturated carbocycles. The van der Waals surface area contributed by atoms with Gasteiger partial charge in [0.25, 0.3) is 0 Å². The van der Waals surface area contributed by atoms with Crippen molar-refractivity contribution < 1.29 is 5.11 Å². The Labute approximate surface area is 123 Å². The Bertz CT molecular complexity index is 437. The topological polar surface area (TPSA) is 20.2 Å². The van der Waals surface area contributed by atoms with Crippen molar-refractivity contribution in [1.82, 2.24) is 0 Å². The van der Waals surface area contributed by atoms with Gasteiger partial charge in [0.2, 0.25) is 0 Å². The molecule has 0 aliphatic heterocycles. The monoisotopic (exact) mass is 356 g/mol. The molecular formula is C16H21IO. The molecule has 0 spiro atoms. The fourth-order valence-electron chi connectivity index (χ4n) is 2.55. The lowest BCUT2D eigenvalue weighted by Gasteiger charge is -2.19. The Morgan fingerprint density at radius 2 is 1.94 bits per heavy atom. The van der Waals surface area contributed by atoms with Gasteiger partial charge in [0, 0.05) is 3.57 Å². The van der Waals surface area contributed by atoms with Gasteiger partial charge < -0.3 is 5.11 Å². The number of allylic oxidation sites excluding steroid dienone is 1. The highest BCUT2D eigenvalue weighted by Gasteiger charge is 2.17. The molecule has 98 valence electrons. The average molecular weight is 356 g/mol. The molecule has 1 nitrogen and oxygen atoms in total. The van der Waals surface area contributed by atoms with Crippen LogP contribution in [-0.4, -0.2) is 5.11 Å². The molecular weight excluding hydrogens is 335 g/mol. The summed E-state index contributed by atoms with van der Waals surface area (Å²) in [6.45, 7) is 2.10. The van der Waals surface area contributed by atoms with Crippen molar-refractivity contribution in [1.29, 1.82) is 0 Å².